The number of fused-ring (bicyclic) bond motifs is 3. The maximum absolute atomic E-state index is 13.4. The monoisotopic (exact) mass is 588 g/mol. The number of benzene rings is 3. The van der Waals surface area contributed by atoms with Gasteiger partial charge in [0.05, 0.1) is 16.4 Å². The van der Waals surface area contributed by atoms with Crippen LogP contribution in [0.25, 0.3) is 28.1 Å². The summed E-state index contributed by atoms with van der Waals surface area (Å²) < 4.78 is 7.91. The van der Waals surface area contributed by atoms with E-state index < -0.39 is 0 Å². The molecule has 1 N–H and O–H groups in total. The van der Waals surface area contributed by atoms with Crippen molar-refractivity contribution in [2.45, 2.75) is 25.9 Å². The number of carbonyl (C=O) groups excluding carboxylic acids is 1. The average Bonchev–Trinajstić information content (AvgIpc) is 3.29. The number of ether oxygens (including phenoxy) is 1. The van der Waals surface area contributed by atoms with Crippen molar-refractivity contribution in [1.29, 1.82) is 0 Å². The smallest absolute Gasteiger partial charge is 0.286 e. The highest BCUT2D eigenvalue weighted by Gasteiger charge is 2.31. The Bertz CT molecular complexity index is 1510. The number of hydrogen-bond acceptors (Lipinski definition) is 4. The topological polar surface area (TPSA) is 59.4 Å². The van der Waals surface area contributed by atoms with Gasteiger partial charge < -0.3 is 4.74 Å². The average molecular weight is 590 g/mol. The summed E-state index contributed by atoms with van der Waals surface area (Å²) in [6.45, 7) is 1.85. The number of hydrogen-bond donors (Lipinski definition) is 1. The summed E-state index contributed by atoms with van der Waals surface area (Å²) in [5.74, 6) is 0.434. The minimum Gasteiger partial charge on any atom is -0.488 e. The molecule has 0 radical (unpaired) electrons. The Morgan fingerprint density at radius 1 is 0.895 bits per heavy atom. The molecule has 3 heterocycles. The van der Waals surface area contributed by atoms with Crippen LogP contribution in [0.2, 0.25) is 15.1 Å². The number of aromatic nitrogens is 2. The highest BCUT2D eigenvalue weighted by molar-refractivity contribution is 6.35. The van der Waals surface area contributed by atoms with Crippen LogP contribution in [0.5, 0.6) is 5.75 Å². The molecule has 6 rings (SSSR count). The third-order valence-electron chi connectivity index (χ3n) is 6.72. The molecule has 0 aliphatic carbocycles. The molecule has 4 aromatic rings. The number of amides is 1. The fourth-order valence-corrected chi connectivity index (χ4v) is 5.59. The van der Waals surface area contributed by atoms with Gasteiger partial charge in [-0.3, -0.25) is 10.2 Å². The molecular weight excluding hydrogens is 566 g/mol. The summed E-state index contributed by atoms with van der Waals surface area (Å²) in [6, 6.07) is 18.9. The Labute approximate surface area is 241 Å². The third kappa shape index (κ3) is 5.12. The quantitative estimate of drug-likeness (QED) is 0.266. The van der Waals surface area contributed by atoms with Crippen molar-refractivity contribution in [1.82, 2.24) is 20.2 Å². The van der Waals surface area contributed by atoms with Crippen molar-refractivity contribution in [3.63, 3.8) is 0 Å². The van der Waals surface area contributed by atoms with Crippen LogP contribution in [0.1, 0.15) is 35.3 Å². The predicted molar refractivity (Wildman–Crippen MR) is 154 cm³/mol. The Balaban J connectivity index is 0.00000294. The summed E-state index contributed by atoms with van der Waals surface area (Å²) in [7, 11) is 0. The molecule has 2 aliphatic rings. The number of nitrogens with one attached hydrogen (secondary N) is 1. The molecule has 38 heavy (non-hydrogen) atoms. The first-order chi connectivity index (χ1) is 18.0. The molecule has 0 spiro atoms. The first-order valence-corrected chi connectivity index (χ1v) is 13.3. The van der Waals surface area contributed by atoms with Crippen molar-refractivity contribution in [2.75, 3.05) is 13.1 Å². The lowest BCUT2D eigenvalue weighted by atomic mass is 9.97. The molecule has 2 aliphatic heterocycles. The molecule has 1 aromatic heterocycles. The van der Waals surface area contributed by atoms with Gasteiger partial charge in [-0.05, 0) is 66.4 Å². The van der Waals surface area contributed by atoms with Crippen LogP contribution in [0.15, 0.2) is 60.7 Å². The van der Waals surface area contributed by atoms with Gasteiger partial charge in [0.1, 0.15) is 12.4 Å². The summed E-state index contributed by atoms with van der Waals surface area (Å²) in [6.07, 6.45) is 3.28. The van der Waals surface area contributed by atoms with Gasteiger partial charge in [-0.25, -0.2) is 9.69 Å². The van der Waals surface area contributed by atoms with Gasteiger partial charge in [-0.1, -0.05) is 59.4 Å². The molecule has 6 nitrogen and oxygen atoms in total. The Morgan fingerprint density at radius 3 is 2.42 bits per heavy atom. The number of halogens is 4. The van der Waals surface area contributed by atoms with Gasteiger partial charge in [0.15, 0.2) is 5.69 Å². The van der Waals surface area contributed by atoms with Crippen molar-refractivity contribution in [3.8, 4) is 33.8 Å². The Morgan fingerprint density at radius 2 is 1.66 bits per heavy atom. The SMILES string of the molecule is Cl.O=C(NN1CCCCC1)c1nn(-c2ccc(Cl)cc2Cl)c2c1COc1cc(-c3cccc(Cl)c3)ccc1-2. The lowest BCUT2D eigenvalue weighted by Crippen LogP contribution is -2.45. The van der Waals surface area contributed by atoms with Crippen molar-refractivity contribution < 1.29 is 9.53 Å². The van der Waals surface area contributed by atoms with Crippen LogP contribution in [0.4, 0.5) is 0 Å². The molecule has 3 aromatic carbocycles. The third-order valence-corrected chi connectivity index (χ3v) is 7.49. The van der Waals surface area contributed by atoms with Gasteiger partial charge in [0.25, 0.3) is 5.91 Å². The zero-order valence-electron chi connectivity index (χ0n) is 20.2. The maximum atomic E-state index is 13.4. The molecule has 1 fully saturated rings. The second kappa shape index (κ2) is 11.2. The molecule has 0 unspecified atom stereocenters. The van der Waals surface area contributed by atoms with Gasteiger partial charge in [0, 0.05) is 34.3 Å². The lowest BCUT2D eigenvalue weighted by Gasteiger charge is -2.26. The largest absolute Gasteiger partial charge is 0.488 e. The Kier molecular flexibility index (Phi) is 7.89. The van der Waals surface area contributed by atoms with E-state index >= 15 is 0 Å². The van der Waals surface area contributed by atoms with Crippen LogP contribution in [0, 0.1) is 0 Å². The van der Waals surface area contributed by atoms with Crippen LogP contribution >= 0.6 is 47.2 Å². The number of nitrogens with zero attached hydrogens (tertiary/aromatic N) is 3. The number of carbonyl (C=O) groups is 1. The van der Waals surface area contributed by atoms with Crippen molar-refractivity contribution in [3.05, 3.63) is 87.0 Å². The summed E-state index contributed by atoms with van der Waals surface area (Å²) in [5, 5.41) is 8.34. The van der Waals surface area contributed by atoms with Crippen molar-refractivity contribution in [2.24, 2.45) is 0 Å². The molecule has 0 atom stereocenters. The van der Waals surface area contributed by atoms with E-state index in [2.05, 4.69) is 5.43 Å². The summed E-state index contributed by atoms with van der Waals surface area (Å²) in [5.41, 5.74) is 8.24. The van der Waals surface area contributed by atoms with Gasteiger partial charge in [0.2, 0.25) is 0 Å². The second-order valence-electron chi connectivity index (χ2n) is 9.18. The van der Waals surface area contributed by atoms with E-state index in [4.69, 9.17) is 44.6 Å². The van der Waals surface area contributed by atoms with E-state index in [0.717, 1.165) is 48.3 Å². The minimum absolute atomic E-state index is 0. The van der Waals surface area contributed by atoms with E-state index in [1.807, 2.05) is 47.5 Å². The number of piperidine rings is 1. The minimum atomic E-state index is -0.260. The van der Waals surface area contributed by atoms with Crippen molar-refractivity contribution >= 4 is 53.1 Å². The van der Waals surface area contributed by atoms with E-state index in [0.29, 0.717) is 37.8 Å². The number of rotatable bonds is 4. The molecule has 1 amide bonds. The maximum Gasteiger partial charge on any atom is 0.286 e. The molecule has 10 heteroatoms. The summed E-state index contributed by atoms with van der Waals surface area (Å²) >= 11 is 19.0. The predicted octanol–water partition coefficient (Wildman–Crippen LogP) is 7.61. The van der Waals surface area contributed by atoms with Crippen LogP contribution < -0.4 is 10.2 Å². The van der Waals surface area contributed by atoms with Crippen LogP contribution in [0.3, 0.4) is 0 Å². The fourth-order valence-electron chi connectivity index (χ4n) is 4.91. The van der Waals surface area contributed by atoms with E-state index in [1.54, 1.807) is 22.9 Å². The molecule has 1 saturated heterocycles. The zero-order chi connectivity index (χ0) is 25.5. The standard InChI is InChI=1S/C28H23Cl3N4O2.ClH/c29-19-6-4-5-17(13-19)18-7-9-21-25(14-18)37-16-22-26(28(36)33-34-11-2-1-3-12-34)32-35(27(21)22)24-10-8-20(30)15-23(24)31;/h4-10,13-15H,1-3,11-12,16H2,(H,33,36);1H. The zero-order valence-corrected chi connectivity index (χ0v) is 23.3. The van der Waals surface area contributed by atoms with E-state index in [1.165, 1.54) is 6.42 Å². The van der Waals surface area contributed by atoms with Crippen LogP contribution in [-0.4, -0.2) is 33.8 Å². The highest BCUT2D eigenvalue weighted by Crippen LogP contribution is 2.43. The van der Waals surface area contributed by atoms with Gasteiger partial charge in [-0.2, -0.15) is 5.10 Å². The normalized spacial score (nSPS) is 14.6. The van der Waals surface area contributed by atoms with E-state index in [-0.39, 0.29) is 24.9 Å². The molecule has 196 valence electrons. The molecule has 0 bridgehead atoms. The fraction of sp³-hybridized carbons (Fsp3) is 0.214. The highest BCUT2D eigenvalue weighted by atomic mass is 35.5. The first-order valence-electron chi connectivity index (χ1n) is 12.1. The van der Waals surface area contributed by atoms with Gasteiger partial charge in [-0.15, -0.1) is 12.4 Å². The second-order valence-corrected chi connectivity index (χ2v) is 10.5. The lowest BCUT2D eigenvalue weighted by molar-refractivity contribution is 0.0742. The molecular formula is C28H24Cl4N4O2. The van der Waals surface area contributed by atoms with E-state index in [9.17, 15) is 4.79 Å². The number of hydrazine groups is 1. The molecule has 0 saturated carbocycles. The Hall–Kier alpha value is -2.74. The first kappa shape index (κ1) is 26.9. The summed E-state index contributed by atoms with van der Waals surface area (Å²) in [4.78, 5) is 13.4. The van der Waals surface area contributed by atoms with Crippen LogP contribution in [-0.2, 0) is 6.61 Å². The van der Waals surface area contributed by atoms with Gasteiger partial charge >= 0.3 is 0 Å².